The van der Waals surface area contributed by atoms with Gasteiger partial charge in [-0.25, -0.2) is 0 Å². The molecule has 0 atom stereocenters. The summed E-state index contributed by atoms with van der Waals surface area (Å²) >= 11 is 0. The van der Waals surface area contributed by atoms with Gasteiger partial charge in [0.1, 0.15) is 12.7 Å². The highest BCUT2D eigenvalue weighted by Gasteiger charge is 2.10. The van der Waals surface area contributed by atoms with Crippen molar-refractivity contribution in [3.05, 3.63) is 0 Å². The van der Waals surface area contributed by atoms with Crippen LogP contribution in [0, 0.1) is 12.0 Å². The maximum absolute atomic E-state index is 11.1. The number of Topliss-reactive ketones (excluding diaryl/α,β-unsaturated/α-hetero) is 2. The Morgan fingerprint density at radius 1 is 1.00 bits per heavy atom. The van der Waals surface area contributed by atoms with Gasteiger partial charge in [0.15, 0.2) is 0 Å². The lowest BCUT2D eigenvalue weighted by Crippen LogP contribution is -2.11. The van der Waals surface area contributed by atoms with Crippen LogP contribution in [0.2, 0.25) is 0 Å². The molecule has 0 aromatic heterocycles. The van der Waals surface area contributed by atoms with Gasteiger partial charge >= 0.3 is 0 Å². The van der Waals surface area contributed by atoms with Crippen LogP contribution in [0.3, 0.4) is 0 Å². The second kappa shape index (κ2) is 6.20. The summed E-state index contributed by atoms with van der Waals surface area (Å²) in [5.41, 5.74) is 0. The molecular formula is C11H14O3. The third-order valence-electron chi connectivity index (χ3n) is 2.14. The molecule has 0 N–H and O–H groups in total. The van der Waals surface area contributed by atoms with Gasteiger partial charge in [0, 0.05) is 12.3 Å². The van der Waals surface area contributed by atoms with Crippen molar-refractivity contribution in [1.29, 1.82) is 0 Å². The van der Waals surface area contributed by atoms with Gasteiger partial charge in [-0.1, -0.05) is 19.3 Å². The smallest absolute Gasteiger partial charge is 0.274 e. The van der Waals surface area contributed by atoms with E-state index < -0.39 is 5.78 Å². The fourth-order valence-corrected chi connectivity index (χ4v) is 1.31. The number of carbonyl (C=O) groups excluding carboxylic acids is 2. The fraction of sp³-hybridized carbons (Fsp3) is 0.636. The van der Waals surface area contributed by atoms with E-state index in [-0.39, 0.29) is 5.78 Å². The number of carbonyl (C=O) groups is 2. The number of ketones is 2. The molecule has 1 heterocycles. The van der Waals surface area contributed by atoms with Crippen molar-refractivity contribution in [3.8, 4) is 12.0 Å². The Labute approximate surface area is 83.8 Å². The Balaban J connectivity index is 2.48. The summed E-state index contributed by atoms with van der Waals surface area (Å²) in [6, 6.07) is 0. The number of hydrogen-bond donors (Lipinski definition) is 0. The van der Waals surface area contributed by atoms with Crippen LogP contribution in [0.1, 0.15) is 38.5 Å². The van der Waals surface area contributed by atoms with Crippen LogP contribution in [0.25, 0.3) is 0 Å². The Morgan fingerprint density at radius 2 is 1.71 bits per heavy atom. The molecule has 0 saturated heterocycles. The first-order chi connectivity index (χ1) is 6.80. The zero-order chi connectivity index (χ0) is 10.2. The first kappa shape index (κ1) is 10.8. The molecule has 14 heavy (non-hydrogen) atoms. The molecule has 1 aliphatic rings. The number of hydrogen-bond acceptors (Lipinski definition) is 3. The summed E-state index contributed by atoms with van der Waals surface area (Å²) < 4.78 is 4.89. The predicted octanol–water partition coefficient (Wildman–Crippen LogP) is 1.46. The Hall–Kier alpha value is -1.30. The molecule has 1 aliphatic heterocycles. The molecule has 1 rings (SSSR count). The third-order valence-corrected chi connectivity index (χ3v) is 2.14. The topological polar surface area (TPSA) is 43.4 Å². The molecule has 76 valence electrons. The zero-order valence-corrected chi connectivity index (χ0v) is 8.17. The lowest BCUT2D eigenvalue weighted by atomic mass is 10.1. The van der Waals surface area contributed by atoms with Crippen LogP contribution >= 0.6 is 0 Å². The minimum atomic E-state index is -0.620. The molecule has 0 unspecified atom stereocenters. The van der Waals surface area contributed by atoms with Crippen molar-refractivity contribution in [1.82, 2.24) is 0 Å². The first-order valence-electron chi connectivity index (χ1n) is 5.00. The van der Waals surface area contributed by atoms with Gasteiger partial charge in [-0.15, -0.1) is 0 Å². The monoisotopic (exact) mass is 194 g/mol. The van der Waals surface area contributed by atoms with E-state index >= 15 is 0 Å². The van der Waals surface area contributed by atoms with Crippen LogP contribution < -0.4 is 0 Å². The zero-order valence-electron chi connectivity index (χ0n) is 8.17. The lowest BCUT2D eigenvalue weighted by molar-refractivity contribution is -0.133. The van der Waals surface area contributed by atoms with Crippen LogP contribution in [0.15, 0.2) is 0 Å². The average molecular weight is 194 g/mol. The van der Waals surface area contributed by atoms with E-state index in [9.17, 15) is 9.59 Å². The quantitative estimate of drug-likeness (QED) is 0.433. The van der Waals surface area contributed by atoms with E-state index in [1.165, 1.54) is 0 Å². The summed E-state index contributed by atoms with van der Waals surface area (Å²) in [6.45, 7) is 0.550. The second-order valence-corrected chi connectivity index (χ2v) is 3.35. The van der Waals surface area contributed by atoms with E-state index in [0.29, 0.717) is 13.0 Å². The average Bonchev–Trinajstić information content (AvgIpc) is 2.18. The van der Waals surface area contributed by atoms with E-state index in [1.807, 2.05) is 0 Å². The highest BCUT2D eigenvalue weighted by molar-refractivity contribution is 6.43. The Bertz CT molecular complexity index is 270. The van der Waals surface area contributed by atoms with Gasteiger partial charge in [0.05, 0.1) is 0 Å². The molecule has 0 aliphatic carbocycles. The van der Waals surface area contributed by atoms with Crippen LogP contribution in [-0.2, 0) is 14.3 Å². The molecule has 3 heteroatoms. The van der Waals surface area contributed by atoms with Crippen molar-refractivity contribution < 1.29 is 14.3 Å². The molecule has 0 amide bonds. The van der Waals surface area contributed by atoms with Gasteiger partial charge in [0.2, 0.25) is 5.78 Å². The SMILES string of the molecule is O=C1C#COCCCCCCCC1=O. The minimum absolute atomic E-state index is 0.327. The summed E-state index contributed by atoms with van der Waals surface area (Å²) in [6.07, 6.45) is 7.56. The molecule has 0 aromatic rings. The van der Waals surface area contributed by atoms with E-state index in [1.54, 1.807) is 0 Å². The number of rotatable bonds is 0. The second-order valence-electron chi connectivity index (χ2n) is 3.35. The first-order valence-corrected chi connectivity index (χ1v) is 5.00. The maximum atomic E-state index is 11.1. The highest BCUT2D eigenvalue weighted by Crippen LogP contribution is 2.06. The standard InChI is InChI=1S/C11H14O3/c12-10-6-4-2-1-3-5-8-14-9-7-11(10)13/h1-6,8H2. The van der Waals surface area contributed by atoms with E-state index in [4.69, 9.17) is 4.74 Å². The molecule has 0 radical (unpaired) electrons. The van der Waals surface area contributed by atoms with E-state index in [0.717, 1.165) is 32.1 Å². The van der Waals surface area contributed by atoms with Crippen molar-refractivity contribution in [2.45, 2.75) is 38.5 Å². The summed E-state index contributed by atoms with van der Waals surface area (Å²) in [5, 5.41) is 0. The van der Waals surface area contributed by atoms with Crippen LogP contribution in [-0.4, -0.2) is 18.2 Å². The van der Waals surface area contributed by atoms with Crippen LogP contribution in [0.4, 0.5) is 0 Å². The van der Waals surface area contributed by atoms with E-state index in [2.05, 4.69) is 12.0 Å². The molecular weight excluding hydrogens is 180 g/mol. The minimum Gasteiger partial charge on any atom is -0.446 e. The summed E-state index contributed by atoms with van der Waals surface area (Å²) in [4.78, 5) is 22.1. The van der Waals surface area contributed by atoms with Crippen molar-refractivity contribution in [2.75, 3.05) is 6.61 Å². The lowest BCUT2D eigenvalue weighted by Gasteiger charge is -2.01. The Kier molecular flexibility index (Phi) is 4.77. The molecule has 0 fully saturated rings. The normalized spacial score (nSPS) is 19.7. The predicted molar refractivity (Wildman–Crippen MR) is 51.4 cm³/mol. The molecule has 0 spiro atoms. The van der Waals surface area contributed by atoms with Gasteiger partial charge < -0.3 is 4.74 Å². The van der Waals surface area contributed by atoms with Gasteiger partial charge in [0.25, 0.3) is 5.78 Å². The van der Waals surface area contributed by atoms with Crippen molar-refractivity contribution in [3.63, 3.8) is 0 Å². The molecule has 0 bridgehead atoms. The van der Waals surface area contributed by atoms with Crippen LogP contribution in [0.5, 0.6) is 0 Å². The van der Waals surface area contributed by atoms with Gasteiger partial charge in [-0.3, -0.25) is 9.59 Å². The highest BCUT2D eigenvalue weighted by atomic mass is 16.5. The molecule has 0 aromatic carbocycles. The van der Waals surface area contributed by atoms with Gasteiger partial charge in [-0.2, -0.15) is 0 Å². The van der Waals surface area contributed by atoms with Crippen molar-refractivity contribution in [2.24, 2.45) is 0 Å². The maximum Gasteiger partial charge on any atom is 0.274 e. The van der Waals surface area contributed by atoms with Gasteiger partial charge in [-0.05, 0) is 12.8 Å². The molecule has 3 nitrogen and oxygen atoms in total. The van der Waals surface area contributed by atoms with Crippen molar-refractivity contribution >= 4 is 11.6 Å². The third kappa shape index (κ3) is 4.08. The summed E-state index contributed by atoms with van der Waals surface area (Å²) in [7, 11) is 0. The Morgan fingerprint density at radius 3 is 2.57 bits per heavy atom. The summed E-state index contributed by atoms with van der Waals surface area (Å²) in [5.74, 6) is 1.18. The molecule has 0 saturated carbocycles. The number of ether oxygens (including phenoxy) is 1. The largest absolute Gasteiger partial charge is 0.446 e. The fourth-order valence-electron chi connectivity index (χ4n) is 1.31.